The number of nitrogens with zero attached hydrogens (tertiary/aromatic N) is 1. The second-order valence-electron chi connectivity index (χ2n) is 4.67. The minimum Gasteiger partial charge on any atom is -0.463 e. The average molecular weight is 363 g/mol. The van der Waals surface area contributed by atoms with Crippen molar-refractivity contribution in [2.75, 3.05) is 6.61 Å². The molecule has 5 nitrogen and oxygen atoms in total. The van der Waals surface area contributed by atoms with Crippen molar-refractivity contribution in [1.82, 2.24) is 0 Å². The molecule has 2 rings (SSSR count). The van der Waals surface area contributed by atoms with Crippen molar-refractivity contribution >= 4 is 21.9 Å². The third-order valence-electron chi connectivity index (χ3n) is 3.28. The molecular formula is C16H15BrN2O3. The van der Waals surface area contributed by atoms with E-state index in [1.807, 2.05) is 30.3 Å². The average Bonchev–Trinajstić information content (AvgIpc) is 2.46. The van der Waals surface area contributed by atoms with Gasteiger partial charge in [0.25, 0.3) is 0 Å². The summed E-state index contributed by atoms with van der Waals surface area (Å²) in [6, 6.07) is 9.41. The highest BCUT2D eigenvalue weighted by molar-refractivity contribution is 9.10. The largest absolute Gasteiger partial charge is 0.463 e. The van der Waals surface area contributed by atoms with E-state index in [0.29, 0.717) is 11.3 Å². The zero-order valence-electron chi connectivity index (χ0n) is 12.2. The molecule has 1 aromatic carbocycles. The topological polar surface area (TPSA) is 85.3 Å². The zero-order valence-corrected chi connectivity index (χ0v) is 13.8. The molecule has 114 valence electrons. The zero-order chi connectivity index (χ0) is 16.3. The Morgan fingerprint density at radius 1 is 1.55 bits per heavy atom. The summed E-state index contributed by atoms with van der Waals surface area (Å²) in [5, 5.41) is 9.42. The Hall–Kier alpha value is -2.26. The number of esters is 1. The summed E-state index contributed by atoms with van der Waals surface area (Å²) in [4.78, 5) is 12.3. The smallest absolute Gasteiger partial charge is 0.338 e. The highest BCUT2D eigenvalue weighted by Gasteiger charge is 2.36. The van der Waals surface area contributed by atoms with E-state index in [1.165, 1.54) is 0 Å². The molecular weight excluding hydrogens is 348 g/mol. The first-order valence-corrected chi connectivity index (χ1v) is 7.49. The van der Waals surface area contributed by atoms with Crippen molar-refractivity contribution in [2.24, 2.45) is 5.73 Å². The monoisotopic (exact) mass is 362 g/mol. The molecule has 0 aromatic heterocycles. The Balaban J connectivity index is 2.62. The molecule has 2 N–H and O–H groups in total. The SMILES string of the molecule is CCOC(=O)C1=C(C)OC(N)=C(C#N)[C@H]1c1cccc(Br)c1. The van der Waals surface area contributed by atoms with Crippen LogP contribution in [-0.2, 0) is 14.3 Å². The van der Waals surface area contributed by atoms with Gasteiger partial charge in [0, 0.05) is 4.47 Å². The van der Waals surface area contributed by atoms with E-state index >= 15 is 0 Å². The lowest BCUT2D eigenvalue weighted by Gasteiger charge is -2.26. The number of ether oxygens (including phenoxy) is 2. The first kappa shape index (κ1) is 16.1. The van der Waals surface area contributed by atoms with Gasteiger partial charge in [-0.1, -0.05) is 28.1 Å². The van der Waals surface area contributed by atoms with E-state index in [1.54, 1.807) is 13.8 Å². The molecule has 0 spiro atoms. The molecule has 0 amide bonds. The summed E-state index contributed by atoms with van der Waals surface area (Å²) < 4.78 is 11.3. The summed E-state index contributed by atoms with van der Waals surface area (Å²) in [5.41, 5.74) is 7.08. The highest BCUT2D eigenvalue weighted by Crippen LogP contribution is 2.40. The maximum absolute atomic E-state index is 12.3. The van der Waals surface area contributed by atoms with Crippen LogP contribution in [0.2, 0.25) is 0 Å². The molecule has 1 atom stereocenters. The first-order chi connectivity index (χ1) is 10.5. The minimum absolute atomic E-state index is 0.0121. The standard InChI is InChI=1S/C16H15BrN2O3/c1-3-21-16(20)13-9(2)22-15(19)12(8-18)14(13)10-5-4-6-11(17)7-10/h4-7,14H,3,19H2,1-2H3/t14-/m1/s1. The maximum Gasteiger partial charge on any atom is 0.338 e. The van der Waals surface area contributed by atoms with Crippen molar-refractivity contribution < 1.29 is 14.3 Å². The molecule has 0 saturated carbocycles. The van der Waals surface area contributed by atoms with E-state index < -0.39 is 11.9 Å². The van der Waals surface area contributed by atoms with E-state index in [9.17, 15) is 10.1 Å². The van der Waals surface area contributed by atoms with Gasteiger partial charge in [-0.15, -0.1) is 0 Å². The van der Waals surface area contributed by atoms with Gasteiger partial charge in [0.05, 0.1) is 18.1 Å². The Morgan fingerprint density at radius 2 is 2.27 bits per heavy atom. The molecule has 1 aromatic rings. The molecule has 1 aliphatic rings. The number of nitriles is 1. The van der Waals surface area contributed by atoms with Crippen LogP contribution >= 0.6 is 15.9 Å². The number of nitrogens with two attached hydrogens (primary N) is 1. The summed E-state index contributed by atoms with van der Waals surface area (Å²) >= 11 is 3.39. The summed E-state index contributed by atoms with van der Waals surface area (Å²) in [6.07, 6.45) is 0. The van der Waals surface area contributed by atoms with Crippen LogP contribution in [0.5, 0.6) is 0 Å². The third kappa shape index (κ3) is 3.00. The number of halogens is 1. The Bertz CT molecular complexity index is 716. The molecule has 1 heterocycles. The van der Waals surface area contributed by atoms with Gasteiger partial charge in [-0.3, -0.25) is 0 Å². The van der Waals surface area contributed by atoms with Crippen LogP contribution in [0.15, 0.2) is 51.5 Å². The van der Waals surface area contributed by atoms with Crippen LogP contribution < -0.4 is 5.73 Å². The van der Waals surface area contributed by atoms with E-state index in [-0.39, 0.29) is 18.1 Å². The quantitative estimate of drug-likeness (QED) is 0.835. The number of benzene rings is 1. The van der Waals surface area contributed by atoms with E-state index in [0.717, 1.165) is 10.0 Å². The predicted molar refractivity (Wildman–Crippen MR) is 84.1 cm³/mol. The van der Waals surface area contributed by atoms with Crippen LogP contribution in [0, 0.1) is 11.3 Å². The van der Waals surface area contributed by atoms with Crippen LogP contribution in [0.4, 0.5) is 0 Å². The second-order valence-corrected chi connectivity index (χ2v) is 5.59. The van der Waals surface area contributed by atoms with E-state index in [4.69, 9.17) is 15.2 Å². The van der Waals surface area contributed by atoms with Crippen LogP contribution in [0.25, 0.3) is 0 Å². The maximum atomic E-state index is 12.3. The minimum atomic E-state index is -0.602. The van der Waals surface area contributed by atoms with Gasteiger partial charge in [-0.05, 0) is 31.5 Å². The predicted octanol–water partition coefficient (Wildman–Crippen LogP) is 3.09. The van der Waals surface area contributed by atoms with Crippen molar-refractivity contribution in [3.8, 4) is 6.07 Å². The van der Waals surface area contributed by atoms with Gasteiger partial charge in [-0.25, -0.2) is 4.79 Å². The number of carbonyl (C=O) groups is 1. The second kappa shape index (κ2) is 6.67. The van der Waals surface area contributed by atoms with Gasteiger partial charge in [0.1, 0.15) is 17.4 Å². The Morgan fingerprint density at radius 3 is 2.86 bits per heavy atom. The highest BCUT2D eigenvalue weighted by atomic mass is 79.9. The van der Waals surface area contributed by atoms with Gasteiger partial charge in [0.2, 0.25) is 5.88 Å². The lowest BCUT2D eigenvalue weighted by Crippen LogP contribution is -2.25. The lowest BCUT2D eigenvalue weighted by atomic mass is 9.83. The number of allylic oxidation sites excluding steroid dienone is 2. The Kier molecular flexibility index (Phi) is 4.88. The molecule has 0 aliphatic carbocycles. The van der Waals surface area contributed by atoms with Crippen molar-refractivity contribution in [2.45, 2.75) is 19.8 Å². The summed E-state index contributed by atoms with van der Waals surface area (Å²) in [6.45, 7) is 3.60. The number of hydrogen-bond acceptors (Lipinski definition) is 5. The van der Waals surface area contributed by atoms with Crippen LogP contribution in [-0.4, -0.2) is 12.6 Å². The molecule has 0 saturated heterocycles. The fourth-order valence-corrected chi connectivity index (χ4v) is 2.79. The molecule has 6 heteroatoms. The molecule has 0 unspecified atom stereocenters. The fraction of sp³-hybridized carbons (Fsp3) is 0.250. The van der Waals surface area contributed by atoms with E-state index in [2.05, 4.69) is 15.9 Å². The van der Waals surface area contributed by atoms with Crippen molar-refractivity contribution in [3.63, 3.8) is 0 Å². The summed E-state index contributed by atoms with van der Waals surface area (Å²) in [5.74, 6) is -0.751. The van der Waals surface area contributed by atoms with Crippen molar-refractivity contribution in [3.05, 3.63) is 57.1 Å². The van der Waals surface area contributed by atoms with Crippen LogP contribution in [0.1, 0.15) is 25.3 Å². The molecule has 22 heavy (non-hydrogen) atoms. The molecule has 0 fully saturated rings. The summed E-state index contributed by atoms with van der Waals surface area (Å²) in [7, 11) is 0. The van der Waals surface area contributed by atoms with Gasteiger partial charge >= 0.3 is 5.97 Å². The third-order valence-corrected chi connectivity index (χ3v) is 3.78. The lowest BCUT2D eigenvalue weighted by molar-refractivity contribution is -0.139. The number of carbonyl (C=O) groups excluding carboxylic acids is 1. The number of hydrogen-bond donors (Lipinski definition) is 1. The van der Waals surface area contributed by atoms with Crippen LogP contribution in [0.3, 0.4) is 0 Å². The van der Waals surface area contributed by atoms with Gasteiger partial charge in [0.15, 0.2) is 0 Å². The molecule has 0 bridgehead atoms. The van der Waals surface area contributed by atoms with Gasteiger partial charge < -0.3 is 15.2 Å². The Labute approximate surface area is 137 Å². The molecule has 0 radical (unpaired) electrons. The van der Waals surface area contributed by atoms with Crippen molar-refractivity contribution in [1.29, 1.82) is 5.26 Å². The first-order valence-electron chi connectivity index (χ1n) is 6.70. The fourth-order valence-electron chi connectivity index (χ4n) is 2.37. The molecule has 1 aliphatic heterocycles. The van der Waals surface area contributed by atoms with Gasteiger partial charge in [-0.2, -0.15) is 5.26 Å². The normalized spacial score (nSPS) is 17.8. The number of rotatable bonds is 3.